The summed E-state index contributed by atoms with van der Waals surface area (Å²) in [5.41, 5.74) is -0.267. The number of hydrogen-bond acceptors (Lipinski definition) is 4. The number of para-hydroxylation sites is 2. The van der Waals surface area contributed by atoms with Crippen molar-refractivity contribution < 1.29 is 37.7 Å². The summed E-state index contributed by atoms with van der Waals surface area (Å²) < 4.78 is 40.2. The van der Waals surface area contributed by atoms with E-state index in [1.807, 2.05) is 10.6 Å². The second-order valence-electron chi connectivity index (χ2n) is 3.73. The Morgan fingerprint density at radius 2 is 1.90 bits per heavy atom. The molecule has 0 aliphatic carbocycles. The van der Waals surface area contributed by atoms with E-state index >= 15 is 0 Å². The summed E-state index contributed by atoms with van der Waals surface area (Å²) in [6, 6.07) is 3.81. The molecule has 1 aromatic carbocycles. The lowest BCUT2D eigenvalue weighted by molar-refractivity contribution is -0.274. The maximum atomic E-state index is 12.2. The second-order valence-corrected chi connectivity index (χ2v) is 3.73. The highest BCUT2D eigenvalue weighted by Gasteiger charge is 2.32. The van der Waals surface area contributed by atoms with Gasteiger partial charge in [-0.15, -0.1) is 13.2 Å². The predicted octanol–water partition coefficient (Wildman–Crippen LogP) is 1.15. The first-order chi connectivity index (χ1) is 9.69. The van der Waals surface area contributed by atoms with Gasteiger partial charge >= 0.3 is 18.4 Å². The van der Waals surface area contributed by atoms with Crippen LogP contribution in [0.25, 0.3) is 0 Å². The van der Waals surface area contributed by atoms with Gasteiger partial charge in [-0.2, -0.15) is 0 Å². The van der Waals surface area contributed by atoms with Crippen LogP contribution in [0.15, 0.2) is 24.3 Å². The molecular formula is C11H11F3N2O5. The molecular weight excluding hydrogens is 297 g/mol. The number of hydrogen-bond donors (Lipinski definition) is 4. The van der Waals surface area contributed by atoms with E-state index in [-0.39, 0.29) is 5.69 Å². The van der Waals surface area contributed by atoms with E-state index in [0.717, 1.165) is 12.1 Å². The maximum absolute atomic E-state index is 12.2. The minimum absolute atomic E-state index is 0.267. The van der Waals surface area contributed by atoms with Crippen LogP contribution >= 0.6 is 0 Å². The number of urea groups is 1. The van der Waals surface area contributed by atoms with Crippen LogP contribution < -0.4 is 15.4 Å². The molecule has 1 atom stereocenters. The Morgan fingerprint density at radius 1 is 1.29 bits per heavy atom. The number of aliphatic hydroxyl groups is 1. The number of carboxylic acids is 1. The highest BCUT2D eigenvalue weighted by molar-refractivity contribution is 5.91. The summed E-state index contributed by atoms with van der Waals surface area (Å²) >= 11 is 0. The zero-order valence-electron chi connectivity index (χ0n) is 10.3. The molecule has 0 unspecified atom stereocenters. The quantitative estimate of drug-likeness (QED) is 0.652. The van der Waals surface area contributed by atoms with E-state index in [0.29, 0.717) is 0 Å². The first-order valence-corrected chi connectivity index (χ1v) is 5.49. The van der Waals surface area contributed by atoms with Gasteiger partial charge in [-0.3, -0.25) is 0 Å². The largest absolute Gasteiger partial charge is 0.573 e. The van der Waals surface area contributed by atoms with Crippen LogP contribution in [-0.4, -0.2) is 41.2 Å². The summed E-state index contributed by atoms with van der Waals surface area (Å²) in [5, 5.41) is 21.4. The average Bonchev–Trinajstić information content (AvgIpc) is 2.36. The van der Waals surface area contributed by atoms with Gasteiger partial charge in [0.25, 0.3) is 0 Å². The van der Waals surface area contributed by atoms with Crippen molar-refractivity contribution in [3.63, 3.8) is 0 Å². The highest BCUT2D eigenvalue weighted by Crippen LogP contribution is 2.29. The Kier molecular flexibility index (Phi) is 5.36. The molecule has 116 valence electrons. The van der Waals surface area contributed by atoms with Crippen molar-refractivity contribution in [3.8, 4) is 5.75 Å². The van der Waals surface area contributed by atoms with E-state index in [2.05, 4.69) is 4.74 Å². The molecule has 4 N–H and O–H groups in total. The Hall–Kier alpha value is -2.49. The Morgan fingerprint density at radius 3 is 2.48 bits per heavy atom. The van der Waals surface area contributed by atoms with Gasteiger partial charge in [0.15, 0.2) is 11.9 Å². The standard InChI is InChI=1S/C11H11F3N2O5/c12-11(13,14)21-8-4-2-1-3-6(8)16-10(20)15-5-7(17)9(18)19/h1-4,7,17H,5H2,(H,18,19)(H2,15,16,20)/t7-/m0/s1. The third-order valence-corrected chi connectivity index (χ3v) is 2.10. The maximum Gasteiger partial charge on any atom is 0.573 e. The minimum atomic E-state index is -4.92. The van der Waals surface area contributed by atoms with Crippen molar-refractivity contribution in [1.82, 2.24) is 5.32 Å². The normalized spacial score (nSPS) is 12.4. The number of aliphatic hydroxyl groups excluding tert-OH is 1. The van der Waals surface area contributed by atoms with Crippen LogP contribution in [0.2, 0.25) is 0 Å². The van der Waals surface area contributed by atoms with Crippen molar-refractivity contribution in [2.75, 3.05) is 11.9 Å². The number of rotatable bonds is 5. The number of aliphatic carboxylic acids is 1. The van der Waals surface area contributed by atoms with Crippen LogP contribution in [0.4, 0.5) is 23.7 Å². The number of carbonyl (C=O) groups is 2. The van der Waals surface area contributed by atoms with E-state index in [4.69, 9.17) is 10.2 Å². The van der Waals surface area contributed by atoms with Gasteiger partial charge in [-0.1, -0.05) is 12.1 Å². The lowest BCUT2D eigenvalue weighted by Gasteiger charge is -2.14. The molecule has 21 heavy (non-hydrogen) atoms. The van der Waals surface area contributed by atoms with E-state index in [1.165, 1.54) is 12.1 Å². The summed E-state index contributed by atoms with van der Waals surface area (Å²) in [6.07, 6.45) is -6.74. The average molecular weight is 308 g/mol. The molecule has 2 amide bonds. The number of alkyl halides is 3. The van der Waals surface area contributed by atoms with Crippen molar-refractivity contribution in [2.45, 2.75) is 12.5 Å². The number of halogens is 3. The number of carbonyl (C=O) groups excluding carboxylic acids is 1. The number of ether oxygens (including phenoxy) is 1. The third kappa shape index (κ3) is 5.99. The molecule has 0 bridgehead atoms. The lowest BCUT2D eigenvalue weighted by atomic mass is 10.3. The smallest absolute Gasteiger partial charge is 0.479 e. The van der Waals surface area contributed by atoms with Gasteiger partial charge in [0.2, 0.25) is 0 Å². The fraction of sp³-hybridized carbons (Fsp3) is 0.273. The molecule has 10 heteroatoms. The van der Waals surface area contributed by atoms with E-state index in [9.17, 15) is 22.8 Å². The number of amides is 2. The van der Waals surface area contributed by atoms with Gasteiger partial charge in [-0.05, 0) is 12.1 Å². The summed E-state index contributed by atoms with van der Waals surface area (Å²) in [5.74, 6) is -2.17. The van der Waals surface area contributed by atoms with Gasteiger partial charge in [-0.25, -0.2) is 9.59 Å². The third-order valence-electron chi connectivity index (χ3n) is 2.10. The molecule has 0 aliphatic heterocycles. The van der Waals surface area contributed by atoms with Gasteiger partial charge in [0.05, 0.1) is 12.2 Å². The Bertz CT molecular complexity index is 521. The fourth-order valence-corrected chi connectivity index (χ4v) is 1.23. The lowest BCUT2D eigenvalue weighted by Crippen LogP contribution is -2.38. The fourth-order valence-electron chi connectivity index (χ4n) is 1.23. The number of carboxylic acid groups (broad SMARTS) is 1. The van der Waals surface area contributed by atoms with Crippen molar-refractivity contribution in [3.05, 3.63) is 24.3 Å². The number of benzene rings is 1. The van der Waals surface area contributed by atoms with E-state index < -0.39 is 36.8 Å². The zero-order valence-corrected chi connectivity index (χ0v) is 10.3. The minimum Gasteiger partial charge on any atom is -0.479 e. The molecule has 1 rings (SSSR count). The summed E-state index contributed by atoms with van der Waals surface area (Å²) in [4.78, 5) is 21.7. The zero-order chi connectivity index (χ0) is 16.0. The molecule has 0 saturated heterocycles. The molecule has 0 radical (unpaired) electrons. The Labute approximate surface area is 116 Å². The van der Waals surface area contributed by atoms with Crippen molar-refractivity contribution in [1.29, 1.82) is 0 Å². The molecule has 0 spiro atoms. The number of nitrogens with one attached hydrogen (secondary N) is 2. The molecule has 0 saturated carbocycles. The molecule has 0 aliphatic rings. The van der Waals surface area contributed by atoms with Crippen LogP contribution in [0.3, 0.4) is 0 Å². The SMILES string of the molecule is O=C(NC[C@H](O)C(=O)O)Nc1ccccc1OC(F)(F)F. The molecule has 1 aromatic rings. The van der Waals surface area contributed by atoms with Crippen LogP contribution in [0, 0.1) is 0 Å². The highest BCUT2D eigenvalue weighted by atomic mass is 19.4. The van der Waals surface area contributed by atoms with Gasteiger partial charge in [0, 0.05) is 0 Å². The van der Waals surface area contributed by atoms with Crippen molar-refractivity contribution in [2.24, 2.45) is 0 Å². The first kappa shape index (κ1) is 16.6. The summed E-state index contributed by atoms with van der Waals surface area (Å²) in [6.45, 7) is -0.608. The van der Waals surface area contributed by atoms with Crippen LogP contribution in [-0.2, 0) is 4.79 Å². The molecule has 0 heterocycles. The predicted molar refractivity (Wildman–Crippen MR) is 63.8 cm³/mol. The molecule has 7 nitrogen and oxygen atoms in total. The van der Waals surface area contributed by atoms with Crippen molar-refractivity contribution >= 4 is 17.7 Å². The molecule has 0 aromatic heterocycles. The van der Waals surface area contributed by atoms with Crippen LogP contribution in [0.1, 0.15) is 0 Å². The monoisotopic (exact) mass is 308 g/mol. The second kappa shape index (κ2) is 6.79. The number of anilines is 1. The van der Waals surface area contributed by atoms with Gasteiger partial charge < -0.3 is 25.6 Å². The summed E-state index contributed by atoms with van der Waals surface area (Å²) in [7, 11) is 0. The van der Waals surface area contributed by atoms with Gasteiger partial charge in [0.1, 0.15) is 0 Å². The molecule has 0 fully saturated rings. The van der Waals surface area contributed by atoms with E-state index in [1.54, 1.807) is 0 Å². The first-order valence-electron chi connectivity index (χ1n) is 5.49. The van der Waals surface area contributed by atoms with Crippen LogP contribution in [0.5, 0.6) is 5.75 Å². The Balaban J connectivity index is 2.66. The topological polar surface area (TPSA) is 108 Å².